The highest BCUT2D eigenvalue weighted by atomic mass is 35.5. The molecule has 0 N–H and O–H groups in total. The highest BCUT2D eigenvalue weighted by Crippen LogP contribution is 2.41. The van der Waals surface area contributed by atoms with Gasteiger partial charge >= 0.3 is 0 Å². The maximum Gasteiger partial charge on any atom is 0.254 e. The number of fused-ring (bicyclic) bond motifs is 3. The number of aryl methyl sites for hydroxylation is 1. The molecule has 0 saturated carbocycles. The van der Waals surface area contributed by atoms with Crippen LogP contribution in [-0.4, -0.2) is 47.9 Å². The Hall–Kier alpha value is -0.360. The zero-order valence-corrected chi connectivity index (χ0v) is 17.4. The normalized spacial score (nSPS) is 30.8. The Morgan fingerprint density at radius 1 is 1.00 bits per heavy atom. The fraction of sp³-hybridized carbons (Fsp3) is 0.650. The van der Waals surface area contributed by atoms with E-state index in [1.54, 1.807) is 0 Å². The molecule has 4 aliphatic heterocycles. The number of nitrogens with zero attached hydrogens (tertiary/aromatic N) is 2. The summed E-state index contributed by atoms with van der Waals surface area (Å²) >= 11 is 0. The van der Waals surface area contributed by atoms with Crippen LogP contribution >= 0.6 is 39.4 Å². The summed E-state index contributed by atoms with van der Waals surface area (Å²) in [6.07, 6.45) is 6.27. The number of halogens is 1. The van der Waals surface area contributed by atoms with Crippen molar-refractivity contribution in [2.75, 3.05) is 26.2 Å². The van der Waals surface area contributed by atoms with Crippen LogP contribution in [0.1, 0.15) is 60.5 Å². The summed E-state index contributed by atoms with van der Waals surface area (Å²) in [6.45, 7) is 4.57. The zero-order chi connectivity index (χ0) is 14.7. The first-order valence-corrected chi connectivity index (χ1v) is 8.96. The predicted octanol–water partition coefficient (Wildman–Crippen LogP) is 3.94. The molecule has 0 radical (unpaired) electrons. The molecule has 2 bridgehead atoms. The first kappa shape index (κ1) is 23.7. The van der Waals surface area contributed by atoms with Gasteiger partial charge < -0.3 is 9.80 Å². The second kappa shape index (κ2) is 9.22. The highest BCUT2D eigenvalue weighted by Gasteiger charge is 2.43. The van der Waals surface area contributed by atoms with E-state index in [1.807, 2.05) is 0 Å². The van der Waals surface area contributed by atoms with Gasteiger partial charge in [-0.25, -0.2) is 0 Å². The van der Waals surface area contributed by atoms with Crippen LogP contribution in [0, 0.1) is 5.92 Å². The van der Waals surface area contributed by atoms with E-state index in [9.17, 15) is 4.79 Å². The molecule has 26 heavy (non-hydrogen) atoms. The van der Waals surface area contributed by atoms with Gasteiger partial charge in [0.2, 0.25) is 0 Å². The fourth-order valence-electron chi connectivity index (χ4n) is 5.41. The summed E-state index contributed by atoms with van der Waals surface area (Å²) in [7, 11) is 0. The number of carbonyl (C=O) groups is 1. The molecule has 3 saturated heterocycles. The maximum atomic E-state index is 13.1. The smallest absolute Gasteiger partial charge is 0.254 e. The molecule has 0 spiro atoms. The van der Waals surface area contributed by atoms with Crippen molar-refractivity contribution in [3.8, 4) is 0 Å². The molecule has 0 aromatic heterocycles. The lowest BCUT2D eigenvalue weighted by molar-refractivity contribution is 0.00258. The summed E-state index contributed by atoms with van der Waals surface area (Å²) < 4.78 is 0. The molecule has 6 heteroatoms. The number of piperidine rings is 3. The monoisotopic (exact) mass is 416 g/mol. The Morgan fingerprint density at radius 2 is 1.73 bits per heavy atom. The van der Waals surface area contributed by atoms with E-state index in [0.717, 1.165) is 31.0 Å². The van der Waals surface area contributed by atoms with Gasteiger partial charge in [0.05, 0.1) is 0 Å². The second-order valence-electron chi connectivity index (χ2n) is 7.63. The van der Waals surface area contributed by atoms with Crippen LogP contribution < -0.4 is 0 Å². The average Bonchev–Trinajstić information content (AvgIpc) is 2.59. The highest BCUT2D eigenvalue weighted by molar-refractivity contribution is 7.59. The Morgan fingerprint density at radius 3 is 2.38 bits per heavy atom. The number of amides is 1. The molecule has 1 amide bonds. The molecule has 0 unspecified atom stereocenters. The molecular formula is C20H33ClN2OS2. The largest absolute Gasteiger partial charge is 0.333 e. The lowest BCUT2D eigenvalue weighted by atomic mass is 9.75. The van der Waals surface area contributed by atoms with Gasteiger partial charge in [0.15, 0.2) is 0 Å². The van der Waals surface area contributed by atoms with E-state index in [-0.39, 0.29) is 46.8 Å². The standard InChI is InChI=1S/C19H24N2O.CH4.ClH.2H2S/c22-19-16-6-2-4-14-3-1-5-15(18(14)16)11-21(19)17-12-20-9-7-13(17)8-10-20;;;;/h2,4,6,13,15,17H,1,3,5,7-12H2;1H4;1H;2*1H2/t15-,17-;;;;/m1..../s1. The third-order valence-corrected chi connectivity index (χ3v) is 6.53. The van der Waals surface area contributed by atoms with Gasteiger partial charge in [-0.15, -0.1) is 12.4 Å². The number of hydrogen-bond acceptors (Lipinski definition) is 2. The number of hydrogen-bond donors (Lipinski definition) is 0. The van der Waals surface area contributed by atoms with Gasteiger partial charge in [-0.2, -0.15) is 27.0 Å². The molecule has 4 heterocycles. The van der Waals surface area contributed by atoms with Gasteiger partial charge in [-0.3, -0.25) is 4.79 Å². The first-order chi connectivity index (χ1) is 10.8. The minimum atomic E-state index is 0. The fourth-order valence-corrected chi connectivity index (χ4v) is 5.41. The first-order valence-electron chi connectivity index (χ1n) is 8.96. The van der Waals surface area contributed by atoms with Crippen molar-refractivity contribution < 1.29 is 4.79 Å². The van der Waals surface area contributed by atoms with Crippen molar-refractivity contribution >= 4 is 45.3 Å². The molecule has 3 fully saturated rings. The summed E-state index contributed by atoms with van der Waals surface area (Å²) in [6, 6.07) is 6.87. The Bertz CT molecular complexity index is 634. The van der Waals surface area contributed by atoms with E-state index in [2.05, 4.69) is 28.0 Å². The summed E-state index contributed by atoms with van der Waals surface area (Å²) in [4.78, 5) is 18.0. The van der Waals surface area contributed by atoms with Gasteiger partial charge in [-0.1, -0.05) is 19.6 Å². The Kier molecular flexibility index (Phi) is 8.40. The summed E-state index contributed by atoms with van der Waals surface area (Å²) in [5.41, 5.74) is 3.86. The van der Waals surface area contributed by atoms with Crippen molar-refractivity contribution in [3.63, 3.8) is 0 Å². The topological polar surface area (TPSA) is 23.6 Å². The molecule has 5 aliphatic rings. The molecule has 3 nitrogen and oxygen atoms in total. The van der Waals surface area contributed by atoms with Crippen molar-refractivity contribution in [1.82, 2.24) is 9.80 Å². The number of carbonyl (C=O) groups excluding carboxylic acids is 1. The van der Waals surface area contributed by atoms with Gasteiger partial charge in [0.1, 0.15) is 0 Å². The Labute approximate surface area is 178 Å². The summed E-state index contributed by atoms with van der Waals surface area (Å²) in [5, 5.41) is 0. The van der Waals surface area contributed by atoms with Crippen LogP contribution in [0.2, 0.25) is 0 Å². The third-order valence-electron chi connectivity index (χ3n) is 6.53. The molecule has 148 valence electrons. The lowest BCUT2D eigenvalue weighted by Gasteiger charge is -2.51. The van der Waals surface area contributed by atoms with Gasteiger partial charge in [0.25, 0.3) is 5.91 Å². The van der Waals surface area contributed by atoms with Crippen LogP contribution in [-0.2, 0) is 6.42 Å². The van der Waals surface area contributed by atoms with Crippen LogP contribution in [0.15, 0.2) is 18.2 Å². The van der Waals surface area contributed by atoms with Crippen molar-refractivity contribution in [2.24, 2.45) is 5.92 Å². The van der Waals surface area contributed by atoms with Crippen molar-refractivity contribution in [2.45, 2.75) is 51.5 Å². The van der Waals surface area contributed by atoms with Crippen molar-refractivity contribution in [3.05, 3.63) is 34.9 Å². The van der Waals surface area contributed by atoms with Crippen LogP contribution in [0.3, 0.4) is 0 Å². The second-order valence-corrected chi connectivity index (χ2v) is 7.63. The predicted molar refractivity (Wildman–Crippen MR) is 121 cm³/mol. The zero-order valence-electron chi connectivity index (χ0n) is 14.5. The molecule has 1 aromatic carbocycles. The van der Waals surface area contributed by atoms with E-state index in [0.29, 0.717) is 17.9 Å². The van der Waals surface area contributed by atoms with E-state index >= 15 is 0 Å². The SMILES string of the molecule is C.Cl.O=C1c2cccc3c2[C@H](CCC3)CN1[C@@H]1CN2CCC1CC2.S.S. The average molecular weight is 417 g/mol. The van der Waals surface area contributed by atoms with Crippen molar-refractivity contribution in [1.29, 1.82) is 0 Å². The minimum Gasteiger partial charge on any atom is -0.333 e. The van der Waals surface area contributed by atoms with Crippen LogP contribution in [0.25, 0.3) is 0 Å². The number of rotatable bonds is 1. The van der Waals surface area contributed by atoms with Gasteiger partial charge in [-0.05, 0) is 68.3 Å². The summed E-state index contributed by atoms with van der Waals surface area (Å²) in [5.74, 6) is 1.64. The van der Waals surface area contributed by atoms with Gasteiger partial charge in [0, 0.05) is 30.6 Å². The lowest BCUT2D eigenvalue weighted by Crippen LogP contribution is -2.60. The van der Waals surface area contributed by atoms with Crippen LogP contribution in [0.4, 0.5) is 0 Å². The minimum absolute atomic E-state index is 0. The van der Waals surface area contributed by atoms with E-state index in [1.165, 1.54) is 49.9 Å². The third kappa shape index (κ3) is 3.65. The van der Waals surface area contributed by atoms with Crippen LogP contribution in [0.5, 0.6) is 0 Å². The number of benzene rings is 1. The quantitative estimate of drug-likeness (QED) is 0.692. The molecular weight excluding hydrogens is 384 g/mol. The Balaban J connectivity index is 0.000000845. The van der Waals surface area contributed by atoms with E-state index < -0.39 is 0 Å². The molecule has 6 rings (SSSR count). The van der Waals surface area contributed by atoms with E-state index in [4.69, 9.17) is 0 Å². The molecule has 2 atom stereocenters. The maximum absolute atomic E-state index is 13.1. The molecule has 1 aliphatic carbocycles. The molecule has 1 aromatic rings.